The SMILES string of the molecule is CC(C)(C)c1cc(C(=O)NN)n(Cc2ccccc2Br)n1. The van der Waals surface area contributed by atoms with Crippen LogP contribution in [0.2, 0.25) is 0 Å². The molecule has 0 aliphatic carbocycles. The number of carbonyl (C=O) groups excluding carboxylic acids is 1. The number of aromatic nitrogens is 2. The number of halogens is 1. The van der Waals surface area contributed by atoms with Crippen molar-refractivity contribution in [1.29, 1.82) is 0 Å². The molecule has 0 unspecified atom stereocenters. The minimum atomic E-state index is -0.343. The zero-order valence-electron chi connectivity index (χ0n) is 12.4. The van der Waals surface area contributed by atoms with Crippen LogP contribution in [0.15, 0.2) is 34.8 Å². The number of hydrogen-bond donors (Lipinski definition) is 2. The Bertz CT molecular complexity index is 658. The normalized spacial score (nSPS) is 11.5. The molecule has 0 aliphatic heterocycles. The predicted molar refractivity (Wildman–Crippen MR) is 85.8 cm³/mol. The van der Waals surface area contributed by atoms with Crippen LogP contribution >= 0.6 is 15.9 Å². The van der Waals surface area contributed by atoms with E-state index in [0.29, 0.717) is 12.2 Å². The first-order valence-corrected chi connectivity index (χ1v) is 7.45. The first-order chi connectivity index (χ1) is 9.82. The van der Waals surface area contributed by atoms with Crippen LogP contribution in [-0.2, 0) is 12.0 Å². The van der Waals surface area contributed by atoms with Crippen molar-refractivity contribution in [2.24, 2.45) is 5.84 Å². The third-order valence-corrected chi connectivity index (χ3v) is 3.96. The third-order valence-electron chi connectivity index (χ3n) is 3.19. The van der Waals surface area contributed by atoms with Gasteiger partial charge in [0.05, 0.1) is 12.2 Å². The molecule has 1 aromatic heterocycles. The second kappa shape index (κ2) is 5.99. The molecular weight excluding hydrogens is 332 g/mol. The van der Waals surface area contributed by atoms with Gasteiger partial charge < -0.3 is 0 Å². The summed E-state index contributed by atoms with van der Waals surface area (Å²) in [7, 11) is 0. The van der Waals surface area contributed by atoms with Gasteiger partial charge in [-0.3, -0.25) is 14.9 Å². The topological polar surface area (TPSA) is 72.9 Å². The van der Waals surface area contributed by atoms with E-state index in [1.54, 1.807) is 10.7 Å². The average molecular weight is 351 g/mol. The van der Waals surface area contributed by atoms with Crippen LogP contribution in [-0.4, -0.2) is 15.7 Å². The summed E-state index contributed by atoms with van der Waals surface area (Å²) in [5.41, 5.74) is 4.40. The zero-order valence-corrected chi connectivity index (χ0v) is 13.9. The van der Waals surface area contributed by atoms with Crippen molar-refractivity contribution in [3.05, 3.63) is 51.8 Å². The van der Waals surface area contributed by atoms with Gasteiger partial charge in [-0.1, -0.05) is 54.9 Å². The predicted octanol–water partition coefficient (Wildman–Crippen LogP) is 2.59. The van der Waals surface area contributed by atoms with E-state index in [9.17, 15) is 4.79 Å². The first-order valence-electron chi connectivity index (χ1n) is 6.65. The summed E-state index contributed by atoms with van der Waals surface area (Å²) in [4.78, 5) is 11.9. The van der Waals surface area contributed by atoms with Gasteiger partial charge in [-0.05, 0) is 17.7 Å². The van der Waals surface area contributed by atoms with E-state index in [0.717, 1.165) is 15.7 Å². The summed E-state index contributed by atoms with van der Waals surface area (Å²) in [6.07, 6.45) is 0. The largest absolute Gasteiger partial charge is 0.289 e. The van der Waals surface area contributed by atoms with E-state index < -0.39 is 0 Å². The third kappa shape index (κ3) is 3.51. The Hall–Kier alpha value is -1.66. The molecule has 0 aliphatic rings. The molecule has 0 spiro atoms. The number of amides is 1. The van der Waals surface area contributed by atoms with Crippen molar-refractivity contribution in [2.45, 2.75) is 32.7 Å². The molecule has 0 fully saturated rings. The maximum atomic E-state index is 11.9. The lowest BCUT2D eigenvalue weighted by atomic mass is 9.92. The fraction of sp³-hybridized carbons (Fsp3) is 0.333. The standard InChI is InChI=1S/C15H19BrN4O/c1-15(2,3)13-8-12(14(21)18-17)20(19-13)9-10-6-4-5-7-11(10)16/h4-8H,9,17H2,1-3H3,(H,18,21). The van der Waals surface area contributed by atoms with Gasteiger partial charge in [0.15, 0.2) is 0 Å². The number of benzene rings is 1. The molecule has 112 valence electrons. The van der Waals surface area contributed by atoms with Crippen molar-refractivity contribution in [3.8, 4) is 0 Å². The van der Waals surface area contributed by atoms with E-state index >= 15 is 0 Å². The van der Waals surface area contributed by atoms with Crippen molar-refractivity contribution in [3.63, 3.8) is 0 Å². The summed E-state index contributed by atoms with van der Waals surface area (Å²) in [6.45, 7) is 6.67. The van der Waals surface area contributed by atoms with Crippen LogP contribution in [0.1, 0.15) is 42.5 Å². The van der Waals surface area contributed by atoms with E-state index in [1.165, 1.54) is 0 Å². The highest BCUT2D eigenvalue weighted by Crippen LogP contribution is 2.23. The Morgan fingerprint density at radius 1 is 1.38 bits per heavy atom. The molecule has 6 heteroatoms. The summed E-state index contributed by atoms with van der Waals surface area (Å²) >= 11 is 3.51. The van der Waals surface area contributed by atoms with Crippen LogP contribution in [0.5, 0.6) is 0 Å². The van der Waals surface area contributed by atoms with E-state index in [4.69, 9.17) is 5.84 Å². The van der Waals surface area contributed by atoms with Gasteiger partial charge in [0.25, 0.3) is 5.91 Å². The second-order valence-corrected chi connectivity index (χ2v) is 6.74. The van der Waals surface area contributed by atoms with E-state index in [-0.39, 0.29) is 11.3 Å². The van der Waals surface area contributed by atoms with Crippen molar-refractivity contribution in [2.75, 3.05) is 0 Å². The number of nitrogens with zero attached hydrogens (tertiary/aromatic N) is 2. The Balaban J connectivity index is 2.44. The molecule has 21 heavy (non-hydrogen) atoms. The Labute approximate surface area is 132 Å². The van der Waals surface area contributed by atoms with Crippen molar-refractivity contribution < 1.29 is 4.79 Å². The summed E-state index contributed by atoms with van der Waals surface area (Å²) in [5.74, 6) is 4.92. The number of nitrogens with two attached hydrogens (primary N) is 1. The Morgan fingerprint density at radius 2 is 2.05 bits per heavy atom. The van der Waals surface area contributed by atoms with Gasteiger partial charge in [-0.15, -0.1) is 0 Å². The molecule has 2 aromatic rings. The number of nitrogens with one attached hydrogen (secondary N) is 1. The van der Waals surface area contributed by atoms with Gasteiger partial charge >= 0.3 is 0 Å². The van der Waals surface area contributed by atoms with E-state index in [1.807, 2.05) is 24.3 Å². The number of hydrogen-bond acceptors (Lipinski definition) is 3. The minimum Gasteiger partial charge on any atom is -0.289 e. The first kappa shape index (κ1) is 15.7. The van der Waals surface area contributed by atoms with Gasteiger partial charge in [0.2, 0.25) is 0 Å². The van der Waals surface area contributed by atoms with Gasteiger partial charge in [-0.2, -0.15) is 5.10 Å². The zero-order chi connectivity index (χ0) is 15.6. The molecule has 1 heterocycles. The van der Waals surface area contributed by atoms with Crippen LogP contribution in [0.4, 0.5) is 0 Å². The molecule has 1 aromatic carbocycles. The Morgan fingerprint density at radius 3 is 2.62 bits per heavy atom. The Kier molecular flexibility index (Phi) is 4.49. The smallest absolute Gasteiger partial charge is 0.283 e. The molecule has 0 bridgehead atoms. The van der Waals surface area contributed by atoms with E-state index in [2.05, 4.69) is 47.2 Å². The number of rotatable bonds is 3. The van der Waals surface area contributed by atoms with Crippen LogP contribution < -0.4 is 11.3 Å². The lowest BCUT2D eigenvalue weighted by Gasteiger charge is -2.14. The average Bonchev–Trinajstić information content (AvgIpc) is 2.84. The maximum absolute atomic E-state index is 11.9. The molecule has 0 saturated carbocycles. The van der Waals surface area contributed by atoms with Gasteiger partial charge in [0, 0.05) is 9.89 Å². The number of nitrogen functional groups attached to an aromatic ring is 1. The molecule has 1 amide bonds. The molecule has 0 saturated heterocycles. The fourth-order valence-electron chi connectivity index (χ4n) is 1.95. The number of carbonyl (C=O) groups is 1. The van der Waals surface area contributed by atoms with Crippen LogP contribution in [0.3, 0.4) is 0 Å². The maximum Gasteiger partial charge on any atom is 0.283 e. The molecule has 5 nitrogen and oxygen atoms in total. The lowest BCUT2D eigenvalue weighted by molar-refractivity contribution is 0.0943. The highest BCUT2D eigenvalue weighted by atomic mass is 79.9. The number of hydrazine groups is 1. The highest BCUT2D eigenvalue weighted by Gasteiger charge is 2.22. The molecule has 2 rings (SSSR count). The van der Waals surface area contributed by atoms with Crippen molar-refractivity contribution >= 4 is 21.8 Å². The van der Waals surface area contributed by atoms with Crippen molar-refractivity contribution in [1.82, 2.24) is 15.2 Å². The summed E-state index contributed by atoms with van der Waals surface area (Å²) in [6, 6.07) is 9.65. The minimum absolute atomic E-state index is 0.136. The molecule has 0 radical (unpaired) electrons. The lowest BCUT2D eigenvalue weighted by Crippen LogP contribution is -2.32. The van der Waals surface area contributed by atoms with Crippen LogP contribution in [0.25, 0.3) is 0 Å². The quantitative estimate of drug-likeness (QED) is 0.507. The highest BCUT2D eigenvalue weighted by molar-refractivity contribution is 9.10. The summed E-state index contributed by atoms with van der Waals surface area (Å²) in [5, 5.41) is 4.57. The van der Waals surface area contributed by atoms with Gasteiger partial charge in [0.1, 0.15) is 5.69 Å². The summed E-state index contributed by atoms with van der Waals surface area (Å²) < 4.78 is 2.67. The molecule has 3 N–H and O–H groups in total. The second-order valence-electron chi connectivity index (χ2n) is 5.89. The monoisotopic (exact) mass is 350 g/mol. The van der Waals surface area contributed by atoms with Crippen LogP contribution in [0, 0.1) is 0 Å². The fourth-order valence-corrected chi connectivity index (χ4v) is 2.36. The molecule has 0 atom stereocenters. The van der Waals surface area contributed by atoms with Gasteiger partial charge in [-0.25, -0.2) is 5.84 Å². The molecular formula is C15H19BrN4O.